The lowest BCUT2D eigenvalue weighted by Crippen LogP contribution is -2.38. The fraction of sp³-hybridized carbons (Fsp3) is 0.368. The Morgan fingerprint density at radius 3 is 2.87 bits per heavy atom. The van der Waals surface area contributed by atoms with Crippen molar-refractivity contribution in [2.45, 2.75) is 32.2 Å². The summed E-state index contributed by atoms with van der Waals surface area (Å²) in [6, 6.07) is 7.71. The van der Waals surface area contributed by atoms with E-state index in [-0.39, 0.29) is 23.8 Å². The molecule has 1 heterocycles. The Hall–Kier alpha value is -2.54. The van der Waals surface area contributed by atoms with Crippen molar-refractivity contribution in [3.05, 3.63) is 47.8 Å². The van der Waals surface area contributed by atoms with E-state index in [4.69, 9.17) is 6.42 Å². The minimum atomic E-state index is 0.0380. The Labute approximate surface area is 137 Å². The summed E-state index contributed by atoms with van der Waals surface area (Å²) in [6.07, 6.45) is 10.2. The monoisotopic (exact) mass is 307 g/mol. The molecule has 3 rings (SSSR count). The SMILES string of the molecule is C#Cc1cccc(N(C(=O)[C@@H]2C[C@H]2c2cnn(C)c2)C(C)C)c1. The highest BCUT2D eigenvalue weighted by Gasteiger charge is 2.47. The van der Waals surface area contributed by atoms with Crippen LogP contribution in [0.2, 0.25) is 0 Å². The summed E-state index contributed by atoms with van der Waals surface area (Å²) in [6.45, 7) is 4.06. The molecule has 1 saturated carbocycles. The predicted molar refractivity (Wildman–Crippen MR) is 91.1 cm³/mol. The topological polar surface area (TPSA) is 38.1 Å². The van der Waals surface area contributed by atoms with E-state index in [0.29, 0.717) is 0 Å². The highest BCUT2D eigenvalue weighted by molar-refractivity contribution is 5.98. The molecule has 1 aliphatic rings. The first kappa shape index (κ1) is 15.4. The van der Waals surface area contributed by atoms with Crippen LogP contribution in [0.1, 0.15) is 37.3 Å². The van der Waals surface area contributed by atoms with Gasteiger partial charge in [-0.15, -0.1) is 6.42 Å². The molecule has 2 atom stereocenters. The number of terminal acetylenes is 1. The number of amides is 1. The van der Waals surface area contributed by atoms with Gasteiger partial charge in [-0.3, -0.25) is 9.48 Å². The molecule has 0 aliphatic heterocycles. The summed E-state index contributed by atoms with van der Waals surface area (Å²) in [5, 5.41) is 4.20. The number of nitrogens with zero attached hydrogens (tertiary/aromatic N) is 3. The number of hydrogen-bond acceptors (Lipinski definition) is 2. The predicted octanol–water partition coefficient (Wildman–Crippen LogP) is 2.95. The molecule has 0 bridgehead atoms. The number of carbonyl (C=O) groups excluding carboxylic acids is 1. The quantitative estimate of drug-likeness (QED) is 0.815. The standard InChI is InChI=1S/C19H21N3O/c1-5-14-7-6-8-16(9-14)22(13(2)3)19(23)18-10-17(18)15-11-20-21(4)12-15/h1,6-9,11-13,17-18H,10H2,2-4H3/t17-,18+/m0/s1. The van der Waals surface area contributed by atoms with Gasteiger partial charge in [0.15, 0.2) is 0 Å². The van der Waals surface area contributed by atoms with Crippen molar-refractivity contribution >= 4 is 11.6 Å². The van der Waals surface area contributed by atoms with E-state index >= 15 is 0 Å². The third-order valence-electron chi connectivity index (χ3n) is 4.31. The smallest absolute Gasteiger partial charge is 0.230 e. The number of rotatable bonds is 4. The fourth-order valence-electron chi connectivity index (χ4n) is 3.07. The van der Waals surface area contributed by atoms with E-state index in [1.807, 2.05) is 62.5 Å². The third kappa shape index (κ3) is 3.00. The maximum absolute atomic E-state index is 13.0. The van der Waals surface area contributed by atoms with Crippen molar-refractivity contribution in [2.75, 3.05) is 4.90 Å². The van der Waals surface area contributed by atoms with Crippen LogP contribution in [0, 0.1) is 18.3 Å². The van der Waals surface area contributed by atoms with Gasteiger partial charge >= 0.3 is 0 Å². The van der Waals surface area contributed by atoms with E-state index in [2.05, 4.69) is 11.0 Å². The maximum atomic E-state index is 13.0. The van der Waals surface area contributed by atoms with Crippen molar-refractivity contribution in [1.29, 1.82) is 0 Å². The molecule has 4 heteroatoms. The summed E-state index contributed by atoms with van der Waals surface area (Å²) in [4.78, 5) is 14.8. The van der Waals surface area contributed by atoms with Crippen molar-refractivity contribution in [2.24, 2.45) is 13.0 Å². The summed E-state index contributed by atoms with van der Waals surface area (Å²) in [5.74, 6) is 3.13. The van der Waals surface area contributed by atoms with Crippen LogP contribution in [0.5, 0.6) is 0 Å². The highest BCUT2D eigenvalue weighted by Crippen LogP contribution is 2.49. The van der Waals surface area contributed by atoms with Crippen molar-refractivity contribution < 1.29 is 4.79 Å². The van der Waals surface area contributed by atoms with Crippen molar-refractivity contribution in [3.8, 4) is 12.3 Å². The molecule has 1 aliphatic carbocycles. The van der Waals surface area contributed by atoms with E-state index < -0.39 is 0 Å². The summed E-state index contributed by atoms with van der Waals surface area (Å²) in [7, 11) is 1.90. The molecule has 2 aromatic rings. The second-order valence-corrected chi connectivity index (χ2v) is 6.39. The van der Waals surface area contributed by atoms with Gasteiger partial charge in [-0.1, -0.05) is 12.0 Å². The van der Waals surface area contributed by atoms with Gasteiger partial charge in [-0.2, -0.15) is 5.10 Å². The van der Waals surface area contributed by atoms with Gasteiger partial charge in [0, 0.05) is 36.5 Å². The normalized spacial score (nSPS) is 19.4. The minimum absolute atomic E-state index is 0.0380. The molecule has 0 unspecified atom stereocenters. The second kappa shape index (κ2) is 5.92. The molecule has 0 radical (unpaired) electrons. The van der Waals surface area contributed by atoms with E-state index in [1.54, 1.807) is 4.68 Å². The molecule has 0 N–H and O–H groups in total. The lowest BCUT2D eigenvalue weighted by Gasteiger charge is -2.27. The summed E-state index contributed by atoms with van der Waals surface area (Å²) in [5.41, 5.74) is 2.81. The van der Waals surface area contributed by atoms with Gasteiger partial charge in [0.2, 0.25) is 5.91 Å². The highest BCUT2D eigenvalue weighted by atomic mass is 16.2. The average Bonchev–Trinajstić information content (AvgIpc) is 3.22. The van der Waals surface area contributed by atoms with Crippen molar-refractivity contribution in [3.63, 3.8) is 0 Å². The van der Waals surface area contributed by atoms with Crippen LogP contribution in [0.4, 0.5) is 5.69 Å². The minimum Gasteiger partial charge on any atom is -0.310 e. The van der Waals surface area contributed by atoms with Gasteiger partial charge in [0.05, 0.1) is 6.20 Å². The maximum Gasteiger partial charge on any atom is 0.230 e. The van der Waals surface area contributed by atoms with Crippen LogP contribution >= 0.6 is 0 Å². The first-order chi connectivity index (χ1) is 11.0. The van der Waals surface area contributed by atoms with Crippen LogP contribution < -0.4 is 4.90 Å². The van der Waals surface area contributed by atoms with E-state index in [1.165, 1.54) is 0 Å². The Bertz CT molecular complexity index is 769. The number of aromatic nitrogens is 2. The molecule has 23 heavy (non-hydrogen) atoms. The van der Waals surface area contributed by atoms with Crippen LogP contribution in [-0.2, 0) is 11.8 Å². The first-order valence-corrected chi connectivity index (χ1v) is 7.89. The second-order valence-electron chi connectivity index (χ2n) is 6.39. The molecule has 1 amide bonds. The average molecular weight is 307 g/mol. The summed E-state index contributed by atoms with van der Waals surface area (Å²) < 4.78 is 1.78. The molecular weight excluding hydrogens is 286 g/mol. The zero-order valence-electron chi connectivity index (χ0n) is 13.7. The third-order valence-corrected chi connectivity index (χ3v) is 4.31. The zero-order chi connectivity index (χ0) is 16.6. The van der Waals surface area contributed by atoms with E-state index in [9.17, 15) is 4.79 Å². The molecule has 1 fully saturated rings. The zero-order valence-corrected chi connectivity index (χ0v) is 13.7. The molecule has 0 spiro atoms. The Kier molecular flexibility index (Phi) is 3.96. The largest absolute Gasteiger partial charge is 0.310 e. The van der Waals surface area contributed by atoms with Gasteiger partial charge in [0.1, 0.15) is 0 Å². The van der Waals surface area contributed by atoms with Gasteiger partial charge in [0.25, 0.3) is 0 Å². The Morgan fingerprint density at radius 2 is 2.26 bits per heavy atom. The van der Waals surface area contributed by atoms with Crippen LogP contribution in [-0.4, -0.2) is 21.7 Å². The van der Waals surface area contributed by atoms with Gasteiger partial charge < -0.3 is 4.90 Å². The van der Waals surface area contributed by atoms with Crippen LogP contribution in [0.25, 0.3) is 0 Å². The summed E-state index contributed by atoms with van der Waals surface area (Å²) >= 11 is 0. The lowest BCUT2D eigenvalue weighted by atomic mass is 10.1. The molecule has 1 aromatic heterocycles. The number of anilines is 1. The molecule has 4 nitrogen and oxygen atoms in total. The first-order valence-electron chi connectivity index (χ1n) is 7.89. The van der Waals surface area contributed by atoms with E-state index in [0.717, 1.165) is 23.2 Å². The fourth-order valence-corrected chi connectivity index (χ4v) is 3.07. The van der Waals surface area contributed by atoms with Crippen molar-refractivity contribution in [1.82, 2.24) is 9.78 Å². The Morgan fingerprint density at radius 1 is 1.48 bits per heavy atom. The number of carbonyl (C=O) groups is 1. The molecular formula is C19H21N3O. The number of hydrogen-bond donors (Lipinski definition) is 0. The molecule has 0 saturated heterocycles. The molecule has 1 aromatic carbocycles. The van der Waals surface area contributed by atoms with Crippen LogP contribution in [0.3, 0.4) is 0 Å². The lowest BCUT2D eigenvalue weighted by molar-refractivity contribution is -0.120. The Balaban J connectivity index is 1.82. The molecule has 118 valence electrons. The van der Waals surface area contributed by atoms with Gasteiger partial charge in [-0.05, 0) is 49.9 Å². The number of aryl methyl sites for hydroxylation is 1. The van der Waals surface area contributed by atoms with Gasteiger partial charge in [-0.25, -0.2) is 0 Å². The van der Waals surface area contributed by atoms with Crippen LogP contribution in [0.15, 0.2) is 36.7 Å². The number of benzene rings is 1.